The number of aromatic nitrogens is 3. The summed E-state index contributed by atoms with van der Waals surface area (Å²) in [6, 6.07) is 1.60. The number of hydrogen-bond donors (Lipinski definition) is 3. The number of halogens is 1. The monoisotopic (exact) mass is 293 g/mol. The van der Waals surface area contributed by atoms with E-state index < -0.39 is 0 Å². The molecule has 2 aromatic rings. The van der Waals surface area contributed by atoms with Crippen molar-refractivity contribution in [2.75, 3.05) is 18.9 Å². The first-order valence-corrected chi connectivity index (χ1v) is 6.68. The lowest BCUT2D eigenvalue weighted by atomic mass is 10.2. The SMILES string of the molecule is CNc1ncc(C(=O)NCCCc2ncc[nH]2)cc1Cl. The van der Waals surface area contributed by atoms with Gasteiger partial charge in [-0.25, -0.2) is 9.97 Å². The number of nitrogens with one attached hydrogen (secondary N) is 3. The van der Waals surface area contributed by atoms with Crippen molar-refractivity contribution < 1.29 is 4.79 Å². The van der Waals surface area contributed by atoms with E-state index in [-0.39, 0.29) is 5.91 Å². The molecule has 2 heterocycles. The number of aromatic amines is 1. The van der Waals surface area contributed by atoms with Crippen LogP contribution in [0.3, 0.4) is 0 Å². The Morgan fingerprint density at radius 3 is 2.95 bits per heavy atom. The molecule has 6 nitrogen and oxygen atoms in total. The molecule has 1 amide bonds. The topological polar surface area (TPSA) is 82.7 Å². The van der Waals surface area contributed by atoms with Crippen LogP contribution in [0.5, 0.6) is 0 Å². The average Bonchev–Trinajstić information content (AvgIpc) is 2.96. The zero-order valence-corrected chi connectivity index (χ0v) is 11.9. The minimum atomic E-state index is -0.179. The highest BCUT2D eigenvalue weighted by molar-refractivity contribution is 6.33. The van der Waals surface area contributed by atoms with E-state index in [2.05, 4.69) is 25.6 Å². The molecule has 0 unspecified atom stereocenters. The van der Waals surface area contributed by atoms with E-state index >= 15 is 0 Å². The third kappa shape index (κ3) is 3.71. The van der Waals surface area contributed by atoms with Crippen molar-refractivity contribution in [1.29, 1.82) is 0 Å². The van der Waals surface area contributed by atoms with Crippen LogP contribution in [0.15, 0.2) is 24.7 Å². The van der Waals surface area contributed by atoms with Crippen LogP contribution in [-0.2, 0) is 6.42 Å². The molecule has 0 aliphatic heterocycles. The molecule has 20 heavy (non-hydrogen) atoms. The first-order chi connectivity index (χ1) is 9.70. The summed E-state index contributed by atoms with van der Waals surface area (Å²) in [6.45, 7) is 0.574. The molecule has 0 saturated carbocycles. The Bertz CT molecular complexity index is 570. The first-order valence-electron chi connectivity index (χ1n) is 6.30. The summed E-state index contributed by atoms with van der Waals surface area (Å²) in [7, 11) is 1.72. The number of pyridine rings is 1. The van der Waals surface area contributed by atoms with Gasteiger partial charge >= 0.3 is 0 Å². The number of amides is 1. The number of carbonyl (C=O) groups excluding carboxylic acids is 1. The standard InChI is InChI=1S/C13H16ClN5O/c1-15-12-10(14)7-9(8-19-12)13(20)18-4-2-3-11-16-5-6-17-11/h5-8H,2-4H2,1H3,(H,15,19)(H,16,17)(H,18,20). The second-order valence-electron chi connectivity index (χ2n) is 4.20. The van der Waals surface area contributed by atoms with Crippen molar-refractivity contribution in [2.45, 2.75) is 12.8 Å². The molecule has 0 saturated heterocycles. The normalized spacial score (nSPS) is 10.3. The molecule has 0 fully saturated rings. The highest BCUT2D eigenvalue weighted by Gasteiger charge is 2.08. The van der Waals surface area contributed by atoms with E-state index in [1.165, 1.54) is 6.20 Å². The van der Waals surface area contributed by atoms with Gasteiger partial charge in [0.25, 0.3) is 5.91 Å². The number of hydrogen-bond acceptors (Lipinski definition) is 4. The lowest BCUT2D eigenvalue weighted by Crippen LogP contribution is -2.25. The van der Waals surface area contributed by atoms with Crippen LogP contribution >= 0.6 is 11.6 Å². The van der Waals surface area contributed by atoms with Gasteiger partial charge in [-0.15, -0.1) is 0 Å². The average molecular weight is 294 g/mol. The van der Waals surface area contributed by atoms with Crippen LogP contribution in [0.2, 0.25) is 5.02 Å². The zero-order valence-electron chi connectivity index (χ0n) is 11.1. The fraction of sp³-hybridized carbons (Fsp3) is 0.308. The minimum Gasteiger partial charge on any atom is -0.372 e. The van der Waals surface area contributed by atoms with E-state index in [0.717, 1.165) is 18.7 Å². The van der Waals surface area contributed by atoms with Gasteiger partial charge in [0.1, 0.15) is 11.6 Å². The van der Waals surface area contributed by atoms with Crippen LogP contribution in [0, 0.1) is 0 Å². The van der Waals surface area contributed by atoms with Crippen molar-refractivity contribution in [3.63, 3.8) is 0 Å². The predicted molar refractivity (Wildman–Crippen MR) is 78.0 cm³/mol. The van der Waals surface area contributed by atoms with Gasteiger partial charge in [-0.3, -0.25) is 4.79 Å². The molecule has 106 valence electrons. The van der Waals surface area contributed by atoms with Crippen LogP contribution in [0.4, 0.5) is 5.82 Å². The lowest BCUT2D eigenvalue weighted by Gasteiger charge is -2.06. The predicted octanol–water partition coefficient (Wildman–Crippen LogP) is 1.86. The Kier molecular flexibility index (Phi) is 4.95. The molecule has 0 bridgehead atoms. The van der Waals surface area contributed by atoms with Crippen molar-refractivity contribution in [3.8, 4) is 0 Å². The Balaban J connectivity index is 1.81. The molecular formula is C13H16ClN5O. The fourth-order valence-corrected chi connectivity index (χ4v) is 2.00. The summed E-state index contributed by atoms with van der Waals surface area (Å²) in [5.41, 5.74) is 0.451. The van der Waals surface area contributed by atoms with E-state index in [0.29, 0.717) is 22.9 Å². The number of nitrogens with zero attached hydrogens (tertiary/aromatic N) is 2. The Hall–Kier alpha value is -2.08. The summed E-state index contributed by atoms with van der Waals surface area (Å²) >= 11 is 5.99. The summed E-state index contributed by atoms with van der Waals surface area (Å²) in [4.78, 5) is 23.1. The van der Waals surface area contributed by atoms with Crippen LogP contribution in [-0.4, -0.2) is 34.5 Å². The lowest BCUT2D eigenvalue weighted by molar-refractivity contribution is 0.0953. The maximum absolute atomic E-state index is 11.9. The molecule has 2 rings (SSSR count). The molecule has 0 aliphatic carbocycles. The Morgan fingerprint density at radius 2 is 2.30 bits per heavy atom. The number of anilines is 1. The largest absolute Gasteiger partial charge is 0.372 e. The van der Waals surface area contributed by atoms with E-state index in [9.17, 15) is 4.79 Å². The maximum atomic E-state index is 11.9. The molecule has 0 atom stereocenters. The number of imidazole rings is 1. The van der Waals surface area contributed by atoms with E-state index in [4.69, 9.17) is 11.6 Å². The molecular weight excluding hydrogens is 278 g/mol. The van der Waals surface area contributed by atoms with Gasteiger partial charge in [-0.2, -0.15) is 0 Å². The quantitative estimate of drug-likeness (QED) is 0.710. The molecule has 2 aromatic heterocycles. The summed E-state index contributed by atoms with van der Waals surface area (Å²) < 4.78 is 0. The smallest absolute Gasteiger partial charge is 0.252 e. The van der Waals surface area contributed by atoms with E-state index in [1.54, 1.807) is 25.5 Å². The second kappa shape index (κ2) is 6.91. The van der Waals surface area contributed by atoms with Crippen molar-refractivity contribution >= 4 is 23.3 Å². The van der Waals surface area contributed by atoms with Gasteiger partial charge in [0, 0.05) is 38.6 Å². The Morgan fingerprint density at radius 1 is 1.45 bits per heavy atom. The number of aryl methyl sites for hydroxylation is 1. The second-order valence-corrected chi connectivity index (χ2v) is 4.61. The highest BCUT2D eigenvalue weighted by Crippen LogP contribution is 2.19. The van der Waals surface area contributed by atoms with Gasteiger partial charge in [-0.1, -0.05) is 11.6 Å². The third-order valence-corrected chi connectivity index (χ3v) is 3.06. The molecule has 3 N–H and O–H groups in total. The van der Waals surface area contributed by atoms with Gasteiger partial charge in [0.2, 0.25) is 0 Å². The van der Waals surface area contributed by atoms with Gasteiger partial charge in [-0.05, 0) is 12.5 Å². The highest BCUT2D eigenvalue weighted by atomic mass is 35.5. The Labute approximate surface area is 122 Å². The molecule has 0 aliphatic rings. The van der Waals surface area contributed by atoms with Crippen molar-refractivity contribution in [2.24, 2.45) is 0 Å². The fourth-order valence-electron chi connectivity index (χ4n) is 1.74. The first kappa shape index (κ1) is 14.3. The van der Waals surface area contributed by atoms with Gasteiger partial charge < -0.3 is 15.6 Å². The minimum absolute atomic E-state index is 0.179. The molecule has 0 radical (unpaired) electrons. The van der Waals surface area contributed by atoms with E-state index in [1.807, 2.05) is 0 Å². The van der Waals surface area contributed by atoms with Crippen LogP contribution in [0.1, 0.15) is 22.6 Å². The van der Waals surface area contributed by atoms with Crippen molar-refractivity contribution in [1.82, 2.24) is 20.3 Å². The molecule has 0 aromatic carbocycles. The van der Waals surface area contributed by atoms with Crippen molar-refractivity contribution in [3.05, 3.63) is 41.1 Å². The third-order valence-electron chi connectivity index (χ3n) is 2.77. The number of rotatable bonds is 6. The number of carbonyl (C=O) groups is 1. The summed E-state index contributed by atoms with van der Waals surface area (Å²) in [6.07, 6.45) is 6.61. The van der Waals surface area contributed by atoms with Gasteiger partial charge in [0.05, 0.1) is 10.6 Å². The number of H-pyrrole nitrogens is 1. The summed E-state index contributed by atoms with van der Waals surface area (Å²) in [5.74, 6) is 1.30. The van der Waals surface area contributed by atoms with Crippen LogP contribution < -0.4 is 10.6 Å². The van der Waals surface area contributed by atoms with Gasteiger partial charge in [0.15, 0.2) is 0 Å². The summed E-state index contributed by atoms with van der Waals surface area (Å²) in [5, 5.41) is 6.10. The van der Waals surface area contributed by atoms with Crippen LogP contribution in [0.25, 0.3) is 0 Å². The zero-order chi connectivity index (χ0) is 14.4. The maximum Gasteiger partial charge on any atom is 0.252 e. The molecule has 7 heteroatoms. The molecule has 0 spiro atoms.